The maximum atomic E-state index is 13.1. The average molecular weight is 420 g/mol. The molecule has 2 aromatic carbocycles. The minimum Gasteiger partial charge on any atom is -0.476 e. The highest BCUT2D eigenvalue weighted by molar-refractivity contribution is 6.05. The molecule has 5 rings (SSSR count). The maximum absolute atomic E-state index is 13.1. The molecule has 0 spiro atoms. The molecule has 1 fully saturated rings. The third-order valence-corrected chi connectivity index (χ3v) is 5.80. The zero-order chi connectivity index (χ0) is 21.2. The lowest BCUT2D eigenvalue weighted by molar-refractivity contribution is -0.139. The Kier molecular flexibility index (Phi) is 5.24. The molecule has 1 atom stereocenters. The van der Waals surface area contributed by atoms with Crippen molar-refractivity contribution in [1.82, 2.24) is 4.90 Å². The number of para-hydroxylation sites is 2. The summed E-state index contributed by atoms with van der Waals surface area (Å²) in [5.74, 6) is 1.66. The summed E-state index contributed by atoms with van der Waals surface area (Å²) >= 11 is 0. The fourth-order valence-corrected chi connectivity index (χ4v) is 4.16. The van der Waals surface area contributed by atoms with E-state index in [0.717, 1.165) is 37.9 Å². The van der Waals surface area contributed by atoms with E-state index in [4.69, 9.17) is 14.2 Å². The lowest BCUT2D eigenvalue weighted by atomic mass is 10.1. The number of amides is 2. The number of fused-ring (bicyclic) bond motifs is 2. The molecule has 0 radical (unpaired) electrons. The summed E-state index contributed by atoms with van der Waals surface area (Å²) in [5, 5.41) is 0. The molecular weight excluding hydrogens is 396 g/mol. The number of piperidine rings is 1. The molecule has 3 aliphatic heterocycles. The van der Waals surface area contributed by atoms with E-state index in [1.54, 1.807) is 17.0 Å². The Morgan fingerprint density at radius 1 is 0.935 bits per heavy atom. The number of rotatable bonds is 3. The normalized spacial score (nSPS) is 19.8. The topological polar surface area (TPSA) is 68.3 Å². The predicted octanol–water partition coefficient (Wildman–Crippen LogP) is 3.24. The molecule has 0 saturated carbocycles. The Morgan fingerprint density at radius 2 is 1.74 bits per heavy atom. The summed E-state index contributed by atoms with van der Waals surface area (Å²) in [6, 6.07) is 12.9. The third kappa shape index (κ3) is 3.95. The van der Waals surface area contributed by atoms with Crippen LogP contribution in [0.4, 0.5) is 5.69 Å². The Bertz CT molecular complexity index is 1030. The lowest BCUT2D eigenvalue weighted by Gasteiger charge is -2.37. The standard InChI is InChI=1S/C24H24N2O5/c27-23(11-9-17-8-10-20-21(14-17)30-16-29-20)26-15-22(24(28)25-12-4-1-5-13-25)31-19-7-3-2-6-18(19)26/h2-3,6-11,14,22H,1,4-5,12-13,15-16H2. The van der Waals surface area contributed by atoms with E-state index in [1.807, 2.05) is 41.3 Å². The number of carbonyl (C=O) groups is 2. The van der Waals surface area contributed by atoms with Crippen molar-refractivity contribution in [1.29, 1.82) is 0 Å². The van der Waals surface area contributed by atoms with E-state index in [2.05, 4.69) is 0 Å². The van der Waals surface area contributed by atoms with Crippen molar-refractivity contribution in [2.75, 3.05) is 31.3 Å². The zero-order valence-electron chi connectivity index (χ0n) is 17.2. The summed E-state index contributed by atoms with van der Waals surface area (Å²) < 4.78 is 16.7. The van der Waals surface area contributed by atoms with Crippen LogP contribution in [0.3, 0.4) is 0 Å². The first kappa shape index (κ1) is 19.5. The average Bonchev–Trinajstić information content (AvgIpc) is 3.30. The molecule has 1 unspecified atom stereocenters. The monoisotopic (exact) mass is 420 g/mol. The molecule has 160 valence electrons. The number of ether oxygens (including phenoxy) is 3. The highest BCUT2D eigenvalue weighted by Crippen LogP contribution is 2.35. The van der Waals surface area contributed by atoms with Gasteiger partial charge in [0.05, 0.1) is 12.2 Å². The molecule has 0 bridgehead atoms. The second kappa shape index (κ2) is 8.34. The quantitative estimate of drug-likeness (QED) is 0.713. The number of hydrogen-bond donors (Lipinski definition) is 0. The van der Waals surface area contributed by atoms with Crippen molar-refractivity contribution >= 4 is 23.6 Å². The highest BCUT2D eigenvalue weighted by atomic mass is 16.7. The van der Waals surface area contributed by atoms with Gasteiger partial charge < -0.3 is 24.0 Å². The van der Waals surface area contributed by atoms with E-state index < -0.39 is 6.10 Å². The molecule has 7 nitrogen and oxygen atoms in total. The van der Waals surface area contributed by atoms with Crippen LogP contribution < -0.4 is 19.1 Å². The van der Waals surface area contributed by atoms with Crippen molar-refractivity contribution in [3.8, 4) is 17.2 Å². The van der Waals surface area contributed by atoms with E-state index in [1.165, 1.54) is 6.08 Å². The molecule has 0 N–H and O–H groups in total. The number of benzene rings is 2. The number of likely N-dealkylation sites (tertiary alicyclic amines) is 1. The van der Waals surface area contributed by atoms with Gasteiger partial charge in [-0.25, -0.2) is 0 Å². The molecule has 3 heterocycles. The van der Waals surface area contributed by atoms with Gasteiger partial charge in [-0.3, -0.25) is 9.59 Å². The first-order valence-electron chi connectivity index (χ1n) is 10.6. The minimum absolute atomic E-state index is 0.0493. The van der Waals surface area contributed by atoms with Crippen LogP contribution in [0.25, 0.3) is 6.08 Å². The minimum atomic E-state index is -0.698. The zero-order valence-corrected chi connectivity index (χ0v) is 17.2. The summed E-state index contributed by atoms with van der Waals surface area (Å²) in [6.45, 7) is 1.89. The fourth-order valence-electron chi connectivity index (χ4n) is 4.16. The summed E-state index contributed by atoms with van der Waals surface area (Å²) in [6.07, 6.45) is 5.72. The summed E-state index contributed by atoms with van der Waals surface area (Å²) in [5.41, 5.74) is 1.51. The van der Waals surface area contributed by atoms with Crippen molar-refractivity contribution in [2.45, 2.75) is 25.4 Å². The van der Waals surface area contributed by atoms with Gasteiger partial charge in [0.15, 0.2) is 17.6 Å². The van der Waals surface area contributed by atoms with Gasteiger partial charge >= 0.3 is 0 Å². The number of carbonyl (C=O) groups excluding carboxylic acids is 2. The van der Waals surface area contributed by atoms with Crippen LogP contribution in [-0.4, -0.2) is 49.2 Å². The van der Waals surface area contributed by atoms with Crippen LogP contribution in [0.5, 0.6) is 17.2 Å². The molecule has 0 aromatic heterocycles. The summed E-state index contributed by atoms with van der Waals surface area (Å²) in [7, 11) is 0. The molecule has 2 aromatic rings. The first-order valence-corrected chi connectivity index (χ1v) is 10.6. The molecule has 31 heavy (non-hydrogen) atoms. The van der Waals surface area contributed by atoms with Crippen molar-refractivity contribution in [2.24, 2.45) is 0 Å². The van der Waals surface area contributed by atoms with Gasteiger partial charge in [-0.05, 0) is 55.2 Å². The van der Waals surface area contributed by atoms with Gasteiger partial charge in [0.1, 0.15) is 5.75 Å². The van der Waals surface area contributed by atoms with Crippen LogP contribution in [0, 0.1) is 0 Å². The number of nitrogens with zero attached hydrogens (tertiary/aromatic N) is 2. The first-order chi connectivity index (χ1) is 15.2. The van der Waals surface area contributed by atoms with Gasteiger partial charge in [-0.2, -0.15) is 0 Å². The second-order valence-electron chi connectivity index (χ2n) is 7.86. The molecule has 2 amide bonds. The largest absolute Gasteiger partial charge is 0.476 e. The third-order valence-electron chi connectivity index (χ3n) is 5.80. The van der Waals surface area contributed by atoms with Gasteiger partial charge in [-0.15, -0.1) is 0 Å². The van der Waals surface area contributed by atoms with Crippen LogP contribution >= 0.6 is 0 Å². The molecule has 3 aliphatic rings. The Labute approximate surface area is 180 Å². The molecular formula is C24H24N2O5. The molecule has 0 aliphatic carbocycles. The highest BCUT2D eigenvalue weighted by Gasteiger charge is 2.35. The van der Waals surface area contributed by atoms with Crippen molar-refractivity contribution in [3.63, 3.8) is 0 Å². The number of hydrogen-bond acceptors (Lipinski definition) is 5. The molecule has 7 heteroatoms. The van der Waals surface area contributed by atoms with Crippen molar-refractivity contribution in [3.05, 3.63) is 54.1 Å². The SMILES string of the molecule is O=C(C1CN(C(=O)C=Cc2ccc3c(c2)OCO3)c2ccccc2O1)N1CCCCC1. The van der Waals surface area contributed by atoms with Crippen LogP contribution in [-0.2, 0) is 9.59 Å². The van der Waals surface area contributed by atoms with E-state index in [9.17, 15) is 9.59 Å². The fraction of sp³-hybridized carbons (Fsp3) is 0.333. The van der Waals surface area contributed by atoms with E-state index in [-0.39, 0.29) is 25.2 Å². The van der Waals surface area contributed by atoms with E-state index in [0.29, 0.717) is 22.9 Å². The lowest BCUT2D eigenvalue weighted by Crippen LogP contribution is -2.52. The van der Waals surface area contributed by atoms with Gasteiger partial charge in [0.2, 0.25) is 6.79 Å². The second-order valence-corrected chi connectivity index (χ2v) is 7.86. The Hall–Kier alpha value is -3.48. The number of anilines is 1. The van der Waals surface area contributed by atoms with Crippen LogP contribution in [0.1, 0.15) is 24.8 Å². The maximum Gasteiger partial charge on any atom is 0.265 e. The Morgan fingerprint density at radius 3 is 2.61 bits per heavy atom. The predicted molar refractivity (Wildman–Crippen MR) is 115 cm³/mol. The van der Waals surface area contributed by atoms with Gasteiger partial charge in [-0.1, -0.05) is 18.2 Å². The Balaban J connectivity index is 1.36. The van der Waals surface area contributed by atoms with Crippen molar-refractivity contribution < 1.29 is 23.8 Å². The van der Waals surface area contributed by atoms with Gasteiger partial charge in [0, 0.05) is 19.2 Å². The smallest absolute Gasteiger partial charge is 0.265 e. The van der Waals surface area contributed by atoms with Gasteiger partial charge in [0.25, 0.3) is 11.8 Å². The summed E-state index contributed by atoms with van der Waals surface area (Å²) in [4.78, 5) is 29.6. The van der Waals surface area contributed by atoms with E-state index >= 15 is 0 Å². The van der Waals surface area contributed by atoms with Crippen LogP contribution in [0.15, 0.2) is 48.5 Å². The molecule has 1 saturated heterocycles. The van der Waals surface area contributed by atoms with Crippen LogP contribution in [0.2, 0.25) is 0 Å².